The molecule has 18 rings (SSSR count). The van der Waals surface area contributed by atoms with Crippen molar-refractivity contribution in [3.05, 3.63) is 296 Å². The molecule has 0 bridgehead atoms. The summed E-state index contributed by atoms with van der Waals surface area (Å²) in [4.78, 5) is 19.4. The van der Waals surface area contributed by atoms with Gasteiger partial charge < -0.3 is 33.5 Å². The molecule has 0 spiro atoms. The first-order valence-electron chi connectivity index (χ1n) is 39.8. The molecule has 0 saturated carbocycles. The summed E-state index contributed by atoms with van der Waals surface area (Å²) in [7, 11) is -5.72. The van der Waals surface area contributed by atoms with Gasteiger partial charge in [-0.05, 0) is 156 Å². The van der Waals surface area contributed by atoms with Crippen LogP contribution in [0, 0.1) is 37.1 Å². The molecule has 602 valence electrons. The van der Waals surface area contributed by atoms with Crippen LogP contribution in [0.5, 0.6) is 0 Å². The molecule has 0 saturated heterocycles. The van der Waals surface area contributed by atoms with Gasteiger partial charge in [-0.3, -0.25) is 0 Å². The zero-order valence-electron chi connectivity index (χ0n) is 69.8. The Hall–Kier alpha value is -8.12. The van der Waals surface area contributed by atoms with Crippen molar-refractivity contribution in [1.82, 2.24) is 29.1 Å². The first-order chi connectivity index (χ1) is 54.2. The van der Waals surface area contributed by atoms with Gasteiger partial charge in [-0.2, -0.15) is 11.3 Å². The Morgan fingerprint density at radius 1 is 0.376 bits per heavy atom. The summed E-state index contributed by atoms with van der Waals surface area (Å²) in [6, 6.07) is 95.5. The summed E-state index contributed by atoms with van der Waals surface area (Å²) in [5.74, 6) is 0.616. The van der Waals surface area contributed by atoms with Crippen molar-refractivity contribution >= 4 is 150 Å². The fraction of sp³-hybridized carbons (Fsp3) is 0.208. The summed E-state index contributed by atoms with van der Waals surface area (Å²) < 4.78 is 13.2. The maximum atomic E-state index is 5.88. The summed E-state index contributed by atoms with van der Waals surface area (Å²) in [5.41, 5.74) is 22.8. The Morgan fingerprint density at radius 3 is 1.40 bits per heavy atom. The molecule has 16 heteroatoms. The largest absolute Gasteiger partial charge is 0.500 e. The van der Waals surface area contributed by atoms with E-state index >= 15 is 0 Å². The average Bonchev–Trinajstić information content (AvgIpc) is 1.61. The van der Waals surface area contributed by atoms with E-state index < -0.39 is 32.3 Å². The number of pyridine rings is 4. The van der Waals surface area contributed by atoms with Crippen LogP contribution in [0.2, 0.25) is 78.6 Å². The number of aryl methyl sites for hydroxylation is 3. The number of hydrogen-bond donors (Lipinski definition) is 0. The van der Waals surface area contributed by atoms with Crippen LogP contribution in [0.15, 0.2) is 260 Å². The third-order valence-corrected chi connectivity index (χ3v) is 31.1. The molecule has 0 fully saturated rings. The normalized spacial score (nSPS) is 11.7. The van der Waals surface area contributed by atoms with Crippen LogP contribution in [0.1, 0.15) is 44.4 Å². The van der Waals surface area contributed by atoms with E-state index in [2.05, 4.69) is 378 Å². The minimum absolute atomic E-state index is 0. The van der Waals surface area contributed by atoms with Crippen molar-refractivity contribution in [3.63, 3.8) is 0 Å². The molecule has 117 heavy (non-hydrogen) atoms. The first kappa shape index (κ1) is 89.7. The fourth-order valence-corrected chi connectivity index (χ4v) is 23.6. The first-order valence-corrected chi connectivity index (χ1v) is 54.6. The van der Waals surface area contributed by atoms with E-state index in [9.17, 15) is 0 Å². The van der Waals surface area contributed by atoms with Gasteiger partial charge in [0.1, 0.15) is 5.58 Å². The molecule has 0 amide bonds. The molecule has 0 aliphatic carbocycles. The second-order valence-corrected chi connectivity index (χ2v) is 55.7. The quantitative estimate of drug-likeness (QED) is 0.0801. The molecule has 0 N–H and O–H groups in total. The van der Waals surface area contributed by atoms with E-state index in [0.717, 1.165) is 86.4 Å². The molecule has 7 nitrogen and oxygen atoms in total. The van der Waals surface area contributed by atoms with E-state index in [1.807, 2.05) is 35.6 Å². The molecular weight excluding hydrogens is 2230 g/mol. The van der Waals surface area contributed by atoms with Crippen molar-refractivity contribution in [2.24, 2.45) is 5.92 Å². The minimum Gasteiger partial charge on any atom is -0.500 e. The van der Waals surface area contributed by atoms with Gasteiger partial charge in [0.15, 0.2) is 0 Å². The predicted octanol–water partition coefficient (Wildman–Crippen LogP) is 25.6. The Bertz CT molecular complexity index is 6570. The SMILES string of the molecule is CC(C)Cc1cc(-c2[c-]cc3c(c2)c2ccccc2n3-c2ccccc2)ncc1[Si](C)(C)C.CCc1cc(-c2[c-]cc3sc4ccccc4c3c2)ncc1[Si](C)(C)C.CCn1c2c[c-]c(-c3cc(-c4ccccc4)c([Si](C)(C)C)cn3)cc2c2ccccc21.Cc1cc(-c2[c-]cc3oc4ccccc4c3c2)ncc1[Si](C)(C)C.[Ir].[Ir].[Ir].[Ir]. The third-order valence-electron chi connectivity index (χ3n) is 21.7. The molecule has 0 aliphatic rings. The molecule has 18 aromatic rings. The second-order valence-electron chi connectivity index (χ2n) is 34.5. The van der Waals surface area contributed by atoms with Crippen LogP contribution in [-0.4, -0.2) is 61.4 Å². The van der Waals surface area contributed by atoms with Crippen LogP contribution in [-0.2, 0) is 99.8 Å². The smallest absolute Gasteiger partial charge is 0.120 e. The van der Waals surface area contributed by atoms with E-state index in [1.54, 1.807) is 0 Å². The van der Waals surface area contributed by atoms with Crippen molar-refractivity contribution < 1.29 is 84.8 Å². The number of para-hydroxylation sites is 4. The van der Waals surface area contributed by atoms with Gasteiger partial charge in [-0.1, -0.05) is 283 Å². The fourth-order valence-electron chi connectivity index (χ4n) is 16.1. The summed E-state index contributed by atoms with van der Waals surface area (Å²) in [6.07, 6.45) is 10.6. The van der Waals surface area contributed by atoms with E-state index in [1.165, 1.54) is 118 Å². The Kier molecular flexibility index (Phi) is 28.6. The van der Waals surface area contributed by atoms with E-state index in [-0.39, 0.29) is 80.4 Å². The number of nitrogens with zero attached hydrogens (tertiary/aromatic N) is 6. The monoisotopic (exact) mass is 2330 g/mol. The molecule has 8 aromatic heterocycles. The van der Waals surface area contributed by atoms with E-state index in [4.69, 9.17) is 24.4 Å². The number of fused-ring (bicyclic) bond motifs is 12. The van der Waals surface area contributed by atoms with Crippen molar-refractivity contribution in [1.29, 1.82) is 0 Å². The molecule has 10 aromatic carbocycles. The number of benzene rings is 10. The van der Waals surface area contributed by atoms with Gasteiger partial charge in [0.05, 0.1) is 37.9 Å². The summed E-state index contributed by atoms with van der Waals surface area (Å²) in [6.45, 7) is 40.7. The molecular formula is C101H100Ir4N6OSSi4-4. The zero-order valence-corrected chi connectivity index (χ0v) is 84.2. The number of hydrogen-bond acceptors (Lipinski definition) is 6. The van der Waals surface area contributed by atoms with Gasteiger partial charge in [0, 0.05) is 139 Å². The maximum Gasteiger partial charge on any atom is 0.120 e. The van der Waals surface area contributed by atoms with Gasteiger partial charge in [0.25, 0.3) is 0 Å². The Balaban J connectivity index is 0.000000153. The van der Waals surface area contributed by atoms with Gasteiger partial charge in [0.2, 0.25) is 0 Å². The van der Waals surface area contributed by atoms with Crippen molar-refractivity contribution in [2.75, 3.05) is 0 Å². The minimum atomic E-state index is -1.54. The molecule has 4 radical (unpaired) electrons. The van der Waals surface area contributed by atoms with Gasteiger partial charge in [-0.25, -0.2) is 0 Å². The summed E-state index contributed by atoms with van der Waals surface area (Å²) >= 11 is 1.83. The standard InChI is InChI=1S/C30H31N2Si.C28H27N2Si.C22H22NSSi.C21H20NOSi.4Ir/c1-21(2)17-23-19-27(31-20-30(23)33(3,4)5)22-15-16-29-26(18-22)25-13-9-10-14-28(25)32(29)24-11-7-6-8-12-24;1-5-30-26-14-10-9-13-22(26)24-17-21(15-16-27(24)30)25-18-23(20-11-7-6-8-12-20)28(19-29-25)31(2,3)4;1-5-15-13-19(23-14-22(15)25(2,3)4)16-10-11-21-18(12-16)17-8-6-7-9-20(17)24-21;1-14-11-18(22-13-21(14)24(2,3)4)15-9-10-20-17(12-15)16-7-5-6-8-19(16)23-20;;;;/h6-14,16,18-21H,17H2,1-5H3;6-14,16-19H,5H2,1-4H3;6-9,11-14H,5H2,1-4H3;5-8,10-13H,1-4H3;;;;/q4*-1;;;;. The number of rotatable bonds is 14. The van der Waals surface area contributed by atoms with E-state index in [0.29, 0.717) is 5.92 Å². The van der Waals surface area contributed by atoms with Crippen LogP contribution in [0.4, 0.5) is 0 Å². The van der Waals surface area contributed by atoms with Gasteiger partial charge in [-0.15, -0.1) is 95.1 Å². The van der Waals surface area contributed by atoms with Gasteiger partial charge >= 0.3 is 0 Å². The maximum absolute atomic E-state index is 5.88. The van der Waals surface area contributed by atoms with Crippen molar-refractivity contribution in [2.45, 2.75) is 133 Å². The molecule has 0 aliphatic heterocycles. The average molecular weight is 2330 g/mol. The number of thiophene rings is 1. The second kappa shape index (κ2) is 37.3. The molecule has 0 unspecified atom stereocenters. The van der Waals surface area contributed by atoms with Crippen molar-refractivity contribution in [3.8, 4) is 61.8 Å². The third kappa shape index (κ3) is 19.1. The van der Waals surface area contributed by atoms with Crippen LogP contribution >= 0.6 is 11.3 Å². The number of furan rings is 1. The predicted molar refractivity (Wildman–Crippen MR) is 497 cm³/mol. The van der Waals surface area contributed by atoms with Crippen LogP contribution < -0.4 is 20.7 Å². The van der Waals surface area contributed by atoms with Crippen LogP contribution in [0.3, 0.4) is 0 Å². The zero-order chi connectivity index (χ0) is 79.3. The summed E-state index contributed by atoms with van der Waals surface area (Å²) in [5, 5.41) is 15.7. The van der Waals surface area contributed by atoms with Crippen LogP contribution in [0.25, 0.3) is 148 Å². The number of aromatic nitrogens is 6. The Morgan fingerprint density at radius 2 is 0.821 bits per heavy atom. The molecule has 8 heterocycles. The Labute approximate surface area is 753 Å². The molecule has 0 atom stereocenters. The topological polar surface area (TPSA) is 74.6 Å².